The molecule has 2 aliphatic rings. The molecule has 3 heteroatoms. The van der Waals surface area contributed by atoms with Crippen LogP contribution in [-0.4, -0.2) is 4.98 Å². The van der Waals surface area contributed by atoms with Gasteiger partial charge in [0.25, 0.3) is 0 Å². The molecular formula is C22H14N2S. The molecule has 25 heavy (non-hydrogen) atoms. The topological polar surface area (TPSA) is 16.1 Å². The molecule has 6 rings (SSSR count). The summed E-state index contributed by atoms with van der Waals surface area (Å²) in [5.41, 5.74) is 7.34. The molecule has 0 radical (unpaired) electrons. The van der Waals surface area contributed by atoms with Gasteiger partial charge in [-0.05, 0) is 35.9 Å². The van der Waals surface area contributed by atoms with Crippen molar-refractivity contribution in [2.24, 2.45) is 0 Å². The van der Waals surface area contributed by atoms with E-state index in [1.807, 2.05) is 11.8 Å². The highest BCUT2D eigenvalue weighted by Gasteiger charge is 2.31. The molecule has 1 aromatic heterocycles. The number of benzene rings is 3. The van der Waals surface area contributed by atoms with Crippen LogP contribution < -0.4 is 4.90 Å². The minimum atomic E-state index is 0.870. The van der Waals surface area contributed by atoms with Crippen molar-refractivity contribution in [1.29, 1.82) is 0 Å². The molecule has 0 saturated carbocycles. The van der Waals surface area contributed by atoms with Crippen molar-refractivity contribution in [2.45, 2.75) is 16.3 Å². The largest absolute Gasteiger partial charge is 0.334 e. The predicted octanol–water partition coefficient (Wildman–Crippen LogP) is 6.02. The highest BCUT2D eigenvalue weighted by molar-refractivity contribution is 7.99. The number of para-hydroxylation sites is 3. The molecule has 0 unspecified atom stereocenters. The van der Waals surface area contributed by atoms with E-state index in [1.165, 1.54) is 37.7 Å². The summed E-state index contributed by atoms with van der Waals surface area (Å²) in [6, 6.07) is 26.0. The second-order valence-corrected chi connectivity index (χ2v) is 7.58. The second-order valence-electron chi connectivity index (χ2n) is 6.50. The zero-order valence-electron chi connectivity index (χ0n) is 13.4. The molecule has 2 aliphatic heterocycles. The van der Waals surface area contributed by atoms with Gasteiger partial charge < -0.3 is 4.90 Å². The molecule has 4 aromatic rings. The summed E-state index contributed by atoms with van der Waals surface area (Å²) in [4.78, 5) is 10.1. The summed E-state index contributed by atoms with van der Waals surface area (Å²) in [6.45, 7) is 0.870. The Morgan fingerprint density at radius 1 is 0.840 bits per heavy atom. The first-order chi connectivity index (χ1) is 12.4. The average Bonchev–Trinajstić information content (AvgIpc) is 2.67. The van der Waals surface area contributed by atoms with Crippen LogP contribution in [0.15, 0.2) is 82.6 Å². The lowest BCUT2D eigenvalue weighted by atomic mass is 9.96. The highest BCUT2D eigenvalue weighted by Crippen LogP contribution is 2.54. The Kier molecular flexibility index (Phi) is 2.63. The summed E-state index contributed by atoms with van der Waals surface area (Å²) < 4.78 is 0. The van der Waals surface area contributed by atoms with E-state index in [4.69, 9.17) is 4.98 Å². The molecule has 0 aliphatic carbocycles. The predicted molar refractivity (Wildman–Crippen MR) is 104 cm³/mol. The van der Waals surface area contributed by atoms with Gasteiger partial charge in [-0.3, -0.25) is 0 Å². The van der Waals surface area contributed by atoms with E-state index in [9.17, 15) is 0 Å². The molecule has 3 aromatic carbocycles. The molecule has 0 atom stereocenters. The zero-order chi connectivity index (χ0) is 16.4. The smallest absolute Gasteiger partial charge is 0.0781 e. The quantitative estimate of drug-likeness (QED) is 0.390. The summed E-state index contributed by atoms with van der Waals surface area (Å²) >= 11 is 1.86. The maximum atomic E-state index is 5.01. The van der Waals surface area contributed by atoms with E-state index in [2.05, 4.69) is 77.7 Å². The van der Waals surface area contributed by atoms with E-state index in [-0.39, 0.29) is 0 Å². The summed E-state index contributed by atoms with van der Waals surface area (Å²) in [7, 11) is 0. The maximum absolute atomic E-state index is 5.01. The molecule has 0 N–H and O–H groups in total. The van der Waals surface area contributed by atoms with Crippen molar-refractivity contribution >= 4 is 34.0 Å². The third-order valence-electron chi connectivity index (χ3n) is 5.03. The standard InChI is InChI=1S/C22H14N2S/c1-2-8-17-14(6-1)12-15-13-24-18-9-3-4-10-19(18)25-20-11-5-7-16(22(20)24)21(15)23-17/h1-12H,13H2. The van der Waals surface area contributed by atoms with E-state index in [0.717, 1.165) is 17.8 Å². The van der Waals surface area contributed by atoms with Gasteiger partial charge in [-0.25, -0.2) is 4.98 Å². The number of anilines is 2. The van der Waals surface area contributed by atoms with Crippen molar-refractivity contribution in [3.05, 3.63) is 78.4 Å². The molecule has 2 nitrogen and oxygen atoms in total. The third-order valence-corrected chi connectivity index (χ3v) is 6.15. The van der Waals surface area contributed by atoms with Crippen molar-refractivity contribution in [3.8, 4) is 11.3 Å². The Bertz CT molecular complexity index is 1170. The van der Waals surface area contributed by atoms with Crippen LogP contribution in [0, 0.1) is 0 Å². The minimum Gasteiger partial charge on any atom is -0.334 e. The Labute approximate surface area is 150 Å². The lowest BCUT2D eigenvalue weighted by Gasteiger charge is -2.38. The minimum absolute atomic E-state index is 0.870. The molecule has 118 valence electrons. The van der Waals surface area contributed by atoms with E-state index in [1.54, 1.807) is 0 Å². The zero-order valence-corrected chi connectivity index (χ0v) is 14.3. The summed E-state index contributed by atoms with van der Waals surface area (Å²) in [6.07, 6.45) is 0. The number of pyridine rings is 1. The summed E-state index contributed by atoms with van der Waals surface area (Å²) in [5, 5.41) is 1.21. The molecule has 0 saturated heterocycles. The van der Waals surface area contributed by atoms with Crippen LogP contribution in [0.1, 0.15) is 5.56 Å². The lowest BCUT2D eigenvalue weighted by Crippen LogP contribution is -2.25. The fourth-order valence-electron chi connectivity index (χ4n) is 3.93. The number of hydrogen-bond acceptors (Lipinski definition) is 3. The Morgan fingerprint density at radius 3 is 2.68 bits per heavy atom. The van der Waals surface area contributed by atoms with Crippen molar-refractivity contribution in [3.63, 3.8) is 0 Å². The van der Waals surface area contributed by atoms with Crippen molar-refractivity contribution in [2.75, 3.05) is 4.90 Å². The fourth-order valence-corrected chi connectivity index (χ4v) is 5.06. The number of hydrogen-bond donors (Lipinski definition) is 0. The molecular weight excluding hydrogens is 324 g/mol. The second kappa shape index (κ2) is 4.87. The monoisotopic (exact) mass is 338 g/mol. The van der Waals surface area contributed by atoms with Crippen LogP contribution in [-0.2, 0) is 6.54 Å². The molecule has 0 fully saturated rings. The number of rotatable bonds is 0. The molecule has 3 heterocycles. The van der Waals surface area contributed by atoms with Gasteiger partial charge >= 0.3 is 0 Å². The first-order valence-corrected chi connectivity index (χ1v) is 9.27. The van der Waals surface area contributed by atoms with Gasteiger partial charge in [-0.15, -0.1) is 0 Å². The Balaban J connectivity index is 1.68. The normalized spacial score (nSPS) is 14.0. The van der Waals surface area contributed by atoms with E-state index in [0.29, 0.717) is 0 Å². The molecule has 0 amide bonds. The Morgan fingerprint density at radius 2 is 1.68 bits per heavy atom. The van der Waals surface area contributed by atoms with Gasteiger partial charge in [-0.2, -0.15) is 0 Å². The molecule has 0 spiro atoms. The van der Waals surface area contributed by atoms with Gasteiger partial charge in [-0.1, -0.05) is 54.2 Å². The van der Waals surface area contributed by atoms with Crippen LogP contribution in [0.3, 0.4) is 0 Å². The average molecular weight is 338 g/mol. The maximum Gasteiger partial charge on any atom is 0.0781 e. The number of aromatic nitrogens is 1. The first kappa shape index (κ1) is 13.5. The van der Waals surface area contributed by atoms with Crippen molar-refractivity contribution < 1.29 is 0 Å². The van der Waals surface area contributed by atoms with Crippen molar-refractivity contribution in [1.82, 2.24) is 4.98 Å². The highest BCUT2D eigenvalue weighted by atomic mass is 32.2. The fraction of sp³-hybridized carbons (Fsp3) is 0.0455. The first-order valence-electron chi connectivity index (χ1n) is 8.45. The van der Waals surface area contributed by atoms with E-state index >= 15 is 0 Å². The van der Waals surface area contributed by atoms with Gasteiger partial charge in [0.2, 0.25) is 0 Å². The van der Waals surface area contributed by atoms with Gasteiger partial charge in [0, 0.05) is 20.7 Å². The van der Waals surface area contributed by atoms with Crippen LogP contribution in [0.2, 0.25) is 0 Å². The van der Waals surface area contributed by atoms with Gasteiger partial charge in [0.15, 0.2) is 0 Å². The third kappa shape index (κ3) is 1.84. The van der Waals surface area contributed by atoms with E-state index < -0.39 is 0 Å². The van der Waals surface area contributed by atoms with Crippen LogP contribution >= 0.6 is 11.8 Å². The number of fused-ring (bicyclic) bond motifs is 5. The SMILES string of the molecule is c1ccc2c(c1)Sc1cccc3c1N2Cc1cc2ccccc2nc1-3. The molecule has 0 bridgehead atoms. The van der Waals surface area contributed by atoms with Crippen LogP contribution in [0.5, 0.6) is 0 Å². The van der Waals surface area contributed by atoms with Gasteiger partial charge in [0.1, 0.15) is 0 Å². The van der Waals surface area contributed by atoms with Crippen LogP contribution in [0.25, 0.3) is 22.2 Å². The van der Waals surface area contributed by atoms with Crippen LogP contribution in [0.4, 0.5) is 11.4 Å². The lowest BCUT2D eigenvalue weighted by molar-refractivity contribution is 0.918. The number of nitrogens with zero attached hydrogens (tertiary/aromatic N) is 2. The Hall–Kier alpha value is -2.78. The summed E-state index contributed by atoms with van der Waals surface area (Å²) in [5.74, 6) is 0. The van der Waals surface area contributed by atoms with Gasteiger partial charge in [0.05, 0.1) is 29.1 Å².